The predicted molar refractivity (Wildman–Crippen MR) is 81.8 cm³/mol. The van der Waals surface area contributed by atoms with Gasteiger partial charge in [0.1, 0.15) is 11.5 Å². The summed E-state index contributed by atoms with van der Waals surface area (Å²) in [5.41, 5.74) is 1.49. The van der Waals surface area contributed by atoms with Crippen LogP contribution in [-0.4, -0.2) is 34.4 Å². The molecule has 1 aromatic carbocycles. The average molecular weight is 305 g/mol. The van der Waals surface area contributed by atoms with E-state index in [1.54, 1.807) is 18.2 Å². The summed E-state index contributed by atoms with van der Waals surface area (Å²) in [6.07, 6.45) is 0.608. The van der Waals surface area contributed by atoms with Crippen LogP contribution in [0.25, 0.3) is 11.3 Å². The van der Waals surface area contributed by atoms with Crippen LogP contribution in [0.15, 0.2) is 30.3 Å². The minimum absolute atomic E-state index is 0.0850. The number of aromatic amines is 1. The third-order valence-electron chi connectivity index (χ3n) is 3.48. The van der Waals surface area contributed by atoms with Crippen LogP contribution in [-0.2, 0) is 0 Å². The second-order valence-electron chi connectivity index (χ2n) is 5.99. The van der Waals surface area contributed by atoms with E-state index < -0.39 is 0 Å². The SMILES string of the molecule is CC(C)(CCO)CNC(=O)c1cc(-c2ccc(F)cc2)n[nH]1. The van der Waals surface area contributed by atoms with Gasteiger partial charge in [-0.1, -0.05) is 13.8 Å². The molecule has 0 radical (unpaired) electrons. The van der Waals surface area contributed by atoms with Crippen LogP contribution in [0.3, 0.4) is 0 Å². The summed E-state index contributed by atoms with van der Waals surface area (Å²) in [5.74, 6) is -0.574. The zero-order valence-electron chi connectivity index (χ0n) is 12.7. The second-order valence-corrected chi connectivity index (χ2v) is 5.99. The minimum Gasteiger partial charge on any atom is -0.396 e. The molecule has 22 heavy (non-hydrogen) atoms. The van der Waals surface area contributed by atoms with E-state index in [-0.39, 0.29) is 23.7 Å². The summed E-state index contributed by atoms with van der Waals surface area (Å²) in [7, 11) is 0. The van der Waals surface area contributed by atoms with E-state index in [1.807, 2.05) is 13.8 Å². The van der Waals surface area contributed by atoms with E-state index in [9.17, 15) is 9.18 Å². The average Bonchev–Trinajstić information content (AvgIpc) is 2.95. The van der Waals surface area contributed by atoms with E-state index in [1.165, 1.54) is 12.1 Å². The van der Waals surface area contributed by atoms with E-state index in [4.69, 9.17) is 5.11 Å². The number of amides is 1. The van der Waals surface area contributed by atoms with E-state index >= 15 is 0 Å². The van der Waals surface area contributed by atoms with Gasteiger partial charge in [-0.15, -0.1) is 0 Å². The smallest absolute Gasteiger partial charge is 0.269 e. The summed E-state index contributed by atoms with van der Waals surface area (Å²) < 4.78 is 12.9. The highest BCUT2D eigenvalue weighted by atomic mass is 19.1. The molecule has 3 N–H and O–H groups in total. The van der Waals surface area contributed by atoms with Gasteiger partial charge >= 0.3 is 0 Å². The number of nitrogens with zero attached hydrogens (tertiary/aromatic N) is 1. The van der Waals surface area contributed by atoms with Crippen molar-refractivity contribution in [1.29, 1.82) is 0 Å². The number of hydrogen-bond acceptors (Lipinski definition) is 3. The summed E-state index contributed by atoms with van der Waals surface area (Å²) in [5, 5.41) is 18.5. The molecule has 0 aliphatic heterocycles. The van der Waals surface area contributed by atoms with Crippen molar-refractivity contribution >= 4 is 5.91 Å². The molecule has 0 bridgehead atoms. The normalized spacial score (nSPS) is 11.5. The van der Waals surface area contributed by atoms with Crippen molar-refractivity contribution in [2.45, 2.75) is 20.3 Å². The topological polar surface area (TPSA) is 78.0 Å². The van der Waals surface area contributed by atoms with E-state index in [0.717, 1.165) is 5.56 Å². The fourth-order valence-corrected chi connectivity index (χ4v) is 2.01. The van der Waals surface area contributed by atoms with Crippen molar-refractivity contribution in [3.05, 3.63) is 41.8 Å². The van der Waals surface area contributed by atoms with Gasteiger partial charge in [0.05, 0.1) is 5.69 Å². The molecule has 0 saturated carbocycles. The number of aromatic nitrogens is 2. The fourth-order valence-electron chi connectivity index (χ4n) is 2.01. The van der Waals surface area contributed by atoms with Crippen molar-refractivity contribution in [1.82, 2.24) is 15.5 Å². The number of halogens is 1. The van der Waals surface area contributed by atoms with Gasteiger partial charge in [-0.25, -0.2) is 4.39 Å². The summed E-state index contributed by atoms with van der Waals surface area (Å²) in [6.45, 7) is 4.49. The van der Waals surface area contributed by atoms with Gasteiger partial charge in [0.2, 0.25) is 0 Å². The van der Waals surface area contributed by atoms with Crippen LogP contribution in [0.4, 0.5) is 4.39 Å². The quantitative estimate of drug-likeness (QED) is 0.766. The lowest BCUT2D eigenvalue weighted by Crippen LogP contribution is -2.34. The summed E-state index contributed by atoms with van der Waals surface area (Å²) >= 11 is 0. The van der Waals surface area contributed by atoms with Gasteiger partial charge in [0.25, 0.3) is 5.91 Å². The highest BCUT2D eigenvalue weighted by Crippen LogP contribution is 2.20. The number of rotatable bonds is 6. The molecule has 6 heteroatoms. The van der Waals surface area contributed by atoms with Crippen LogP contribution in [0, 0.1) is 11.2 Å². The Morgan fingerprint density at radius 1 is 1.36 bits per heavy atom. The molecule has 5 nitrogen and oxygen atoms in total. The Morgan fingerprint density at radius 3 is 2.68 bits per heavy atom. The monoisotopic (exact) mass is 305 g/mol. The van der Waals surface area contributed by atoms with Crippen LogP contribution in [0.1, 0.15) is 30.8 Å². The Hall–Kier alpha value is -2.21. The van der Waals surface area contributed by atoms with E-state index in [0.29, 0.717) is 24.4 Å². The maximum Gasteiger partial charge on any atom is 0.269 e. The molecular formula is C16H20FN3O2. The number of aliphatic hydroxyl groups excluding tert-OH is 1. The lowest BCUT2D eigenvalue weighted by Gasteiger charge is -2.23. The Labute approximate surface area is 128 Å². The molecule has 2 aromatic rings. The first kappa shape index (κ1) is 16.2. The Balaban J connectivity index is 2.02. The number of hydrogen-bond donors (Lipinski definition) is 3. The molecule has 2 rings (SSSR count). The number of nitrogens with one attached hydrogen (secondary N) is 2. The molecule has 0 aliphatic carbocycles. The summed E-state index contributed by atoms with van der Waals surface area (Å²) in [6, 6.07) is 7.54. The number of carbonyl (C=O) groups excluding carboxylic acids is 1. The van der Waals surface area contributed by atoms with Gasteiger partial charge in [0.15, 0.2) is 0 Å². The lowest BCUT2D eigenvalue weighted by molar-refractivity contribution is 0.0923. The number of carbonyl (C=O) groups is 1. The van der Waals surface area contributed by atoms with Crippen LogP contribution in [0.5, 0.6) is 0 Å². The molecule has 0 atom stereocenters. The van der Waals surface area contributed by atoms with Crippen LogP contribution >= 0.6 is 0 Å². The third kappa shape index (κ3) is 4.14. The fraction of sp³-hybridized carbons (Fsp3) is 0.375. The first-order chi connectivity index (χ1) is 10.4. The second kappa shape index (κ2) is 6.70. The maximum absolute atomic E-state index is 12.9. The van der Waals surface area contributed by atoms with Crippen molar-refractivity contribution in [2.24, 2.45) is 5.41 Å². The van der Waals surface area contributed by atoms with Crippen LogP contribution < -0.4 is 5.32 Å². The molecule has 1 aromatic heterocycles. The highest BCUT2D eigenvalue weighted by molar-refractivity contribution is 5.93. The Kier molecular flexibility index (Phi) is 4.92. The molecule has 118 valence electrons. The van der Waals surface area contributed by atoms with Crippen molar-refractivity contribution in [2.75, 3.05) is 13.2 Å². The standard InChI is InChI=1S/C16H20FN3O2/c1-16(2,7-8-21)10-18-15(22)14-9-13(19-20-14)11-3-5-12(17)6-4-11/h3-6,9,21H,7-8,10H2,1-2H3,(H,18,22)(H,19,20). The first-order valence-electron chi connectivity index (χ1n) is 7.12. The van der Waals surface area contributed by atoms with Gasteiger partial charge in [0, 0.05) is 18.7 Å². The van der Waals surface area contributed by atoms with Crippen molar-refractivity contribution < 1.29 is 14.3 Å². The molecule has 0 spiro atoms. The Bertz CT molecular complexity index is 635. The zero-order chi connectivity index (χ0) is 16.2. The molecule has 1 heterocycles. The molecule has 1 amide bonds. The van der Waals surface area contributed by atoms with Gasteiger partial charge in [-0.05, 0) is 42.2 Å². The molecular weight excluding hydrogens is 285 g/mol. The third-order valence-corrected chi connectivity index (χ3v) is 3.48. The molecule has 0 fully saturated rings. The first-order valence-corrected chi connectivity index (χ1v) is 7.12. The largest absolute Gasteiger partial charge is 0.396 e. The van der Waals surface area contributed by atoms with Gasteiger partial charge < -0.3 is 10.4 Å². The lowest BCUT2D eigenvalue weighted by atomic mass is 9.90. The number of H-pyrrole nitrogens is 1. The highest BCUT2D eigenvalue weighted by Gasteiger charge is 2.19. The molecule has 0 unspecified atom stereocenters. The zero-order valence-corrected chi connectivity index (χ0v) is 12.7. The Morgan fingerprint density at radius 2 is 2.05 bits per heavy atom. The maximum atomic E-state index is 12.9. The van der Waals surface area contributed by atoms with Crippen molar-refractivity contribution in [3.8, 4) is 11.3 Å². The molecule has 0 aliphatic rings. The van der Waals surface area contributed by atoms with E-state index in [2.05, 4.69) is 15.5 Å². The summed E-state index contributed by atoms with van der Waals surface area (Å²) in [4.78, 5) is 12.1. The van der Waals surface area contributed by atoms with Gasteiger partial charge in [-0.3, -0.25) is 9.89 Å². The van der Waals surface area contributed by atoms with Gasteiger partial charge in [-0.2, -0.15) is 5.10 Å². The minimum atomic E-state index is -0.316. The van der Waals surface area contributed by atoms with Crippen LogP contribution in [0.2, 0.25) is 0 Å². The molecule has 0 saturated heterocycles. The number of aliphatic hydroxyl groups is 1. The van der Waals surface area contributed by atoms with Crippen molar-refractivity contribution in [3.63, 3.8) is 0 Å². The number of benzene rings is 1. The predicted octanol–water partition coefficient (Wildman–Crippen LogP) is 2.35.